The van der Waals surface area contributed by atoms with Gasteiger partial charge < -0.3 is 19.7 Å². The standard InChI is InChI=1S/C18H20FN3O4/c1-11(23)13-5-6-21(9-13)17-4-3-14(7-16(17)19)22-10-15(26-18(22)25)8-20-12(2)24/h3-7,9,11,15,23H,8,10H2,1-2H3,(H,20,24)/t11?,15-/m0/s1. The van der Waals surface area contributed by atoms with Crippen LogP contribution in [0.5, 0.6) is 0 Å². The minimum Gasteiger partial charge on any atom is -0.442 e. The summed E-state index contributed by atoms with van der Waals surface area (Å²) in [5.74, 6) is -0.716. The molecule has 2 amide bonds. The molecule has 1 aromatic heterocycles. The van der Waals surface area contributed by atoms with E-state index in [1.165, 1.54) is 17.9 Å². The summed E-state index contributed by atoms with van der Waals surface area (Å²) in [4.78, 5) is 24.3. The molecular weight excluding hydrogens is 341 g/mol. The van der Waals surface area contributed by atoms with Crippen LogP contribution in [0.15, 0.2) is 36.7 Å². The number of amides is 2. The van der Waals surface area contributed by atoms with Crippen LogP contribution in [-0.4, -0.2) is 40.9 Å². The van der Waals surface area contributed by atoms with Crippen LogP contribution in [0.1, 0.15) is 25.5 Å². The Balaban J connectivity index is 1.76. The monoisotopic (exact) mass is 361 g/mol. The molecule has 1 unspecified atom stereocenters. The Morgan fingerprint density at radius 1 is 1.46 bits per heavy atom. The Morgan fingerprint density at radius 2 is 2.23 bits per heavy atom. The van der Waals surface area contributed by atoms with Gasteiger partial charge in [-0.25, -0.2) is 9.18 Å². The molecule has 2 N–H and O–H groups in total. The second-order valence-corrected chi connectivity index (χ2v) is 6.22. The molecule has 0 spiro atoms. The maximum Gasteiger partial charge on any atom is 0.414 e. The molecule has 1 fully saturated rings. The Bertz CT molecular complexity index is 834. The molecule has 2 atom stereocenters. The lowest BCUT2D eigenvalue weighted by atomic mass is 10.2. The van der Waals surface area contributed by atoms with E-state index in [1.807, 2.05) is 0 Å². The van der Waals surface area contributed by atoms with Crippen LogP contribution in [-0.2, 0) is 9.53 Å². The molecule has 0 radical (unpaired) electrons. The Kier molecular flexibility index (Phi) is 4.94. The quantitative estimate of drug-likeness (QED) is 0.855. The van der Waals surface area contributed by atoms with Crippen molar-refractivity contribution in [1.29, 1.82) is 0 Å². The van der Waals surface area contributed by atoms with Crippen molar-refractivity contribution in [2.45, 2.75) is 26.1 Å². The van der Waals surface area contributed by atoms with E-state index >= 15 is 0 Å². The van der Waals surface area contributed by atoms with Crippen LogP contribution in [0.4, 0.5) is 14.9 Å². The van der Waals surface area contributed by atoms with Gasteiger partial charge in [0, 0.05) is 19.3 Å². The van der Waals surface area contributed by atoms with Crippen molar-refractivity contribution in [1.82, 2.24) is 9.88 Å². The summed E-state index contributed by atoms with van der Waals surface area (Å²) in [5, 5.41) is 12.2. The molecule has 2 aromatic rings. The number of hydrogen-bond donors (Lipinski definition) is 2. The van der Waals surface area contributed by atoms with Gasteiger partial charge in [0.15, 0.2) is 0 Å². The van der Waals surface area contributed by atoms with Crippen molar-refractivity contribution >= 4 is 17.7 Å². The number of carbonyl (C=O) groups excluding carboxylic acids is 2. The highest BCUT2D eigenvalue weighted by Gasteiger charge is 2.32. The highest BCUT2D eigenvalue weighted by molar-refractivity contribution is 5.90. The molecule has 26 heavy (non-hydrogen) atoms. The average Bonchev–Trinajstić information content (AvgIpc) is 3.20. The fraction of sp³-hybridized carbons (Fsp3) is 0.333. The van der Waals surface area contributed by atoms with Crippen molar-refractivity contribution in [2.75, 3.05) is 18.0 Å². The lowest BCUT2D eigenvalue weighted by molar-refractivity contribution is -0.119. The van der Waals surface area contributed by atoms with Crippen LogP contribution in [0.25, 0.3) is 5.69 Å². The smallest absolute Gasteiger partial charge is 0.414 e. The molecule has 3 rings (SSSR count). The van der Waals surface area contributed by atoms with Gasteiger partial charge >= 0.3 is 6.09 Å². The van der Waals surface area contributed by atoms with E-state index < -0.39 is 24.1 Å². The fourth-order valence-corrected chi connectivity index (χ4v) is 2.78. The normalized spacial score (nSPS) is 17.9. The van der Waals surface area contributed by atoms with Gasteiger partial charge in [0.05, 0.1) is 30.6 Å². The van der Waals surface area contributed by atoms with Gasteiger partial charge in [0.2, 0.25) is 5.91 Å². The number of aromatic nitrogens is 1. The van der Waals surface area contributed by atoms with E-state index in [2.05, 4.69) is 5.32 Å². The third-order valence-corrected chi connectivity index (χ3v) is 4.17. The Morgan fingerprint density at radius 3 is 2.85 bits per heavy atom. The molecule has 0 aliphatic carbocycles. The van der Waals surface area contributed by atoms with Gasteiger partial charge in [0.1, 0.15) is 11.9 Å². The minimum absolute atomic E-state index is 0.210. The summed E-state index contributed by atoms with van der Waals surface area (Å²) < 4.78 is 21.3. The van der Waals surface area contributed by atoms with Gasteiger partial charge in [-0.1, -0.05) is 0 Å². The molecule has 8 heteroatoms. The second-order valence-electron chi connectivity index (χ2n) is 6.22. The topological polar surface area (TPSA) is 83.8 Å². The van der Waals surface area contributed by atoms with Gasteiger partial charge in [-0.3, -0.25) is 9.69 Å². The highest BCUT2D eigenvalue weighted by atomic mass is 19.1. The van der Waals surface area contributed by atoms with Crippen molar-refractivity contribution in [2.24, 2.45) is 0 Å². The van der Waals surface area contributed by atoms with Gasteiger partial charge in [-0.15, -0.1) is 0 Å². The zero-order valence-corrected chi connectivity index (χ0v) is 14.5. The molecule has 1 saturated heterocycles. The van der Waals surface area contributed by atoms with Gasteiger partial charge in [-0.05, 0) is 36.8 Å². The van der Waals surface area contributed by atoms with E-state index in [0.717, 1.165) is 0 Å². The van der Waals surface area contributed by atoms with E-state index in [9.17, 15) is 19.1 Å². The zero-order chi connectivity index (χ0) is 18.8. The number of benzene rings is 1. The van der Waals surface area contributed by atoms with Gasteiger partial charge in [-0.2, -0.15) is 0 Å². The van der Waals surface area contributed by atoms with Crippen LogP contribution in [0, 0.1) is 5.82 Å². The van der Waals surface area contributed by atoms with Crippen molar-refractivity contribution in [3.05, 3.63) is 48.0 Å². The number of carbonyl (C=O) groups is 2. The largest absolute Gasteiger partial charge is 0.442 e. The summed E-state index contributed by atoms with van der Waals surface area (Å²) in [7, 11) is 0. The first-order valence-electron chi connectivity index (χ1n) is 8.23. The number of ether oxygens (including phenoxy) is 1. The van der Waals surface area contributed by atoms with Crippen LogP contribution in [0.2, 0.25) is 0 Å². The molecular formula is C18H20FN3O4. The minimum atomic E-state index is -0.640. The van der Waals surface area contributed by atoms with Gasteiger partial charge in [0.25, 0.3) is 0 Å². The fourth-order valence-electron chi connectivity index (χ4n) is 2.78. The second kappa shape index (κ2) is 7.17. The molecule has 0 saturated carbocycles. The Labute approximate surface area is 150 Å². The maximum absolute atomic E-state index is 14.6. The molecule has 1 aliphatic heterocycles. The summed E-state index contributed by atoms with van der Waals surface area (Å²) in [6, 6.07) is 6.16. The van der Waals surface area contributed by atoms with E-state index in [1.54, 1.807) is 42.1 Å². The molecule has 7 nitrogen and oxygen atoms in total. The maximum atomic E-state index is 14.6. The number of cyclic esters (lactones) is 1. The summed E-state index contributed by atoms with van der Waals surface area (Å²) >= 11 is 0. The molecule has 0 bridgehead atoms. The van der Waals surface area contributed by atoms with Crippen LogP contribution >= 0.6 is 0 Å². The molecule has 1 aliphatic rings. The third kappa shape index (κ3) is 3.70. The van der Waals surface area contributed by atoms with Crippen LogP contribution < -0.4 is 10.2 Å². The van der Waals surface area contributed by atoms with E-state index in [0.29, 0.717) is 16.9 Å². The SMILES string of the molecule is CC(=O)NC[C@H]1CN(c2ccc(-n3ccc(C(C)O)c3)c(F)c2)C(=O)O1. The van der Waals surface area contributed by atoms with Crippen LogP contribution in [0.3, 0.4) is 0 Å². The summed E-state index contributed by atoms with van der Waals surface area (Å²) in [5.41, 5.74) is 1.37. The first kappa shape index (κ1) is 17.9. The first-order chi connectivity index (χ1) is 12.3. The average molecular weight is 361 g/mol. The number of nitrogens with one attached hydrogen (secondary N) is 1. The molecule has 138 valence electrons. The van der Waals surface area contributed by atoms with Crippen molar-refractivity contribution < 1.29 is 23.8 Å². The first-order valence-corrected chi connectivity index (χ1v) is 8.23. The summed E-state index contributed by atoms with van der Waals surface area (Å²) in [6.07, 6.45) is 1.61. The van der Waals surface area contributed by atoms with Crippen molar-refractivity contribution in [3.63, 3.8) is 0 Å². The number of halogens is 1. The van der Waals surface area contributed by atoms with Crippen molar-refractivity contribution in [3.8, 4) is 5.69 Å². The predicted molar refractivity (Wildman–Crippen MR) is 92.7 cm³/mol. The Hall–Kier alpha value is -2.87. The predicted octanol–water partition coefficient (Wildman–Crippen LogP) is 2.13. The molecule has 1 aromatic carbocycles. The number of rotatable bonds is 5. The van der Waals surface area contributed by atoms with E-state index in [-0.39, 0.29) is 19.0 Å². The highest BCUT2D eigenvalue weighted by Crippen LogP contribution is 2.26. The summed E-state index contributed by atoms with van der Waals surface area (Å²) in [6.45, 7) is 3.46. The number of hydrogen-bond acceptors (Lipinski definition) is 4. The number of aliphatic hydroxyl groups excluding tert-OH is 1. The lowest BCUT2D eigenvalue weighted by Crippen LogP contribution is -2.33. The lowest BCUT2D eigenvalue weighted by Gasteiger charge is -2.15. The molecule has 2 heterocycles. The zero-order valence-electron chi connectivity index (χ0n) is 14.5. The number of nitrogens with zero attached hydrogens (tertiary/aromatic N) is 2. The third-order valence-electron chi connectivity index (χ3n) is 4.17. The number of aliphatic hydroxyl groups is 1. The number of anilines is 1. The van der Waals surface area contributed by atoms with E-state index in [4.69, 9.17) is 4.74 Å².